The van der Waals surface area contributed by atoms with Crippen molar-refractivity contribution in [2.45, 2.75) is 18.4 Å². The summed E-state index contributed by atoms with van der Waals surface area (Å²) in [5.74, 6) is 0. The second kappa shape index (κ2) is 5.69. The first-order chi connectivity index (χ1) is 9.32. The number of nitrogen functional groups attached to an aromatic ring is 1. The summed E-state index contributed by atoms with van der Waals surface area (Å²) in [4.78, 5) is 5.15. The number of nitrogens with two attached hydrogens (primary N) is 1. The molecular weight excluding hydrogens is 318 g/mol. The smallest absolute Gasteiger partial charge is 0.243 e. The quantitative estimate of drug-likeness (QED) is 0.873. The predicted molar refractivity (Wildman–Crippen MR) is 81.4 cm³/mol. The molecule has 0 unspecified atom stereocenters. The lowest BCUT2D eigenvalue weighted by molar-refractivity contribution is 0.468. The van der Waals surface area contributed by atoms with Gasteiger partial charge < -0.3 is 5.73 Å². The fourth-order valence-corrected chi connectivity index (χ4v) is 3.94. The van der Waals surface area contributed by atoms with Crippen molar-refractivity contribution >= 4 is 38.6 Å². The van der Waals surface area contributed by atoms with Gasteiger partial charge in [-0.15, -0.1) is 11.3 Å². The summed E-state index contributed by atoms with van der Waals surface area (Å²) in [5.41, 5.74) is 8.48. The van der Waals surface area contributed by atoms with E-state index in [1.54, 1.807) is 5.51 Å². The molecule has 0 aliphatic heterocycles. The van der Waals surface area contributed by atoms with E-state index in [4.69, 9.17) is 17.3 Å². The van der Waals surface area contributed by atoms with Crippen LogP contribution in [0.25, 0.3) is 0 Å². The number of benzene rings is 1. The Morgan fingerprint density at radius 2 is 2.15 bits per heavy atom. The minimum absolute atomic E-state index is 0.126. The standard InChI is InChI=1S/C12H14ClN3O2S2/c1-8-12(19-7-15-8)6-16(2)20(17,18)9-3-4-11(14)10(13)5-9/h3-5,7H,6,14H2,1-2H3. The summed E-state index contributed by atoms with van der Waals surface area (Å²) in [5, 5.41) is 0.230. The van der Waals surface area contributed by atoms with Crippen LogP contribution in [0.1, 0.15) is 10.6 Å². The van der Waals surface area contributed by atoms with E-state index in [0.29, 0.717) is 5.69 Å². The summed E-state index contributed by atoms with van der Waals surface area (Å²) in [6, 6.07) is 4.30. The van der Waals surface area contributed by atoms with E-state index in [1.165, 1.54) is 40.9 Å². The summed E-state index contributed by atoms with van der Waals surface area (Å²) in [7, 11) is -2.07. The second-order valence-electron chi connectivity index (χ2n) is 4.31. The average Bonchev–Trinajstić information content (AvgIpc) is 2.78. The number of halogens is 1. The second-order valence-corrected chi connectivity index (χ2v) is 7.70. The van der Waals surface area contributed by atoms with Gasteiger partial charge in [-0.2, -0.15) is 4.31 Å². The van der Waals surface area contributed by atoms with Gasteiger partial charge in [-0.05, 0) is 25.1 Å². The van der Waals surface area contributed by atoms with Gasteiger partial charge in [-0.3, -0.25) is 0 Å². The highest BCUT2D eigenvalue weighted by atomic mass is 35.5. The normalized spacial score (nSPS) is 12.0. The molecule has 2 rings (SSSR count). The first kappa shape index (κ1) is 15.2. The SMILES string of the molecule is Cc1ncsc1CN(C)S(=O)(=O)c1ccc(N)c(Cl)c1. The lowest BCUT2D eigenvalue weighted by atomic mass is 10.3. The van der Waals surface area contributed by atoms with E-state index in [9.17, 15) is 8.42 Å². The Morgan fingerprint density at radius 3 is 2.70 bits per heavy atom. The molecule has 0 saturated heterocycles. The molecule has 0 radical (unpaired) electrons. The number of thiazole rings is 1. The van der Waals surface area contributed by atoms with Crippen LogP contribution in [0.4, 0.5) is 5.69 Å². The molecular formula is C12H14ClN3O2S2. The molecule has 1 aromatic heterocycles. The van der Waals surface area contributed by atoms with Crippen LogP contribution >= 0.6 is 22.9 Å². The van der Waals surface area contributed by atoms with Gasteiger partial charge in [0.2, 0.25) is 10.0 Å². The Labute approximate surface area is 127 Å². The Bertz CT molecular complexity index is 728. The van der Waals surface area contributed by atoms with Crippen LogP contribution in [0.2, 0.25) is 5.02 Å². The highest BCUT2D eigenvalue weighted by Gasteiger charge is 2.22. The molecule has 20 heavy (non-hydrogen) atoms. The van der Waals surface area contributed by atoms with Gasteiger partial charge in [0.15, 0.2) is 0 Å². The van der Waals surface area contributed by atoms with Crippen LogP contribution in [0.15, 0.2) is 28.6 Å². The largest absolute Gasteiger partial charge is 0.398 e. The zero-order chi connectivity index (χ0) is 14.9. The van der Waals surface area contributed by atoms with Gasteiger partial charge in [0.05, 0.1) is 26.8 Å². The molecule has 0 aliphatic carbocycles. The van der Waals surface area contributed by atoms with Crippen LogP contribution in [-0.2, 0) is 16.6 Å². The van der Waals surface area contributed by atoms with Gasteiger partial charge in [-0.1, -0.05) is 11.6 Å². The molecule has 5 nitrogen and oxygen atoms in total. The Balaban J connectivity index is 2.29. The van der Waals surface area contributed by atoms with Crippen molar-refractivity contribution < 1.29 is 8.42 Å². The van der Waals surface area contributed by atoms with Gasteiger partial charge >= 0.3 is 0 Å². The Morgan fingerprint density at radius 1 is 1.45 bits per heavy atom. The van der Waals surface area contributed by atoms with Crippen LogP contribution in [-0.4, -0.2) is 24.8 Å². The lowest BCUT2D eigenvalue weighted by Gasteiger charge is -2.17. The minimum atomic E-state index is -3.60. The lowest BCUT2D eigenvalue weighted by Crippen LogP contribution is -2.26. The van der Waals surface area contributed by atoms with E-state index in [2.05, 4.69) is 4.98 Å². The number of hydrogen-bond donors (Lipinski definition) is 1. The monoisotopic (exact) mass is 331 g/mol. The van der Waals surface area contributed by atoms with E-state index in [-0.39, 0.29) is 16.5 Å². The zero-order valence-corrected chi connectivity index (χ0v) is 13.4. The van der Waals surface area contributed by atoms with E-state index in [1.807, 2.05) is 6.92 Å². The third kappa shape index (κ3) is 2.95. The third-order valence-electron chi connectivity index (χ3n) is 2.89. The van der Waals surface area contributed by atoms with Crippen molar-refractivity contribution in [3.8, 4) is 0 Å². The summed E-state index contributed by atoms with van der Waals surface area (Å²) in [6.45, 7) is 2.13. The van der Waals surface area contributed by atoms with E-state index < -0.39 is 10.0 Å². The van der Waals surface area contributed by atoms with E-state index in [0.717, 1.165) is 10.6 Å². The van der Waals surface area contributed by atoms with Crippen molar-refractivity contribution in [1.29, 1.82) is 0 Å². The van der Waals surface area contributed by atoms with Crippen LogP contribution in [0.3, 0.4) is 0 Å². The molecule has 0 bridgehead atoms. The fourth-order valence-electron chi connectivity index (χ4n) is 1.61. The average molecular weight is 332 g/mol. The molecule has 0 aliphatic rings. The summed E-state index contributed by atoms with van der Waals surface area (Å²) in [6.07, 6.45) is 0. The molecule has 0 fully saturated rings. The summed E-state index contributed by atoms with van der Waals surface area (Å²) < 4.78 is 26.2. The molecule has 1 aromatic carbocycles. The Hall–Kier alpha value is -1.15. The molecule has 0 atom stereocenters. The molecule has 2 aromatic rings. The zero-order valence-electron chi connectivity index (χ0n) is 11.0. The number of hydrogen-bond acceptors (Lipinski definition) is 5. The van der Waals surface area contributed by atoms with Crippen LogP contribution in [0, 0.1) is 6.92 Å². The van der Waals surface area contributed by atoms with Crippen LogP contribution < -0.4 is 5.73 Å². The topological polar surface area (TPSA) is 76.3 Å². The highest BCUT2D eigenvalue weighted by molar-refractivity contribution is 7.89. The van der Waals surface area contributed by atoms with Gasteiger partial charge in [-0.25, -0.2) is 13.4 Å². The van der Waals surface area contributed by atoms with Crippen molar-refractivity contribution in [2.24, 2.45) is 0 Å². The Kier molecular flexibility index (Phi) is 4.33. The first-order valence-electron chi connectivity index (χ1n) is 5.72. The van der Waals surface area contributed by atoms with Crippen molar-refractivity contribution in [2.75, 3.05) is 12.8 Å². The maximum Gasteiger partial charge on any atom is 0.243 e. The number of aryl methyl sites for hydroxylation is 1. The molecule has 8 heteroatoms. The number of anilines is 1. The van der Waals surface area contributed by atoms with Crippen molar-refractivity contribution in [3.63, 3.8) is 0 Å². The fraction of sp³-hybridized carbons (Fsp3) is 0.250. The molecule has 0 spiro atoms. The van der Waals surface area contributed by atoms with Gasteiger partial charge in [0.1, 0.15) is 0 Å². The molecule has 108 valence electrons. The van der Waals surface area contributed by atoms with E-state index >= 15 is 0 Å². The maximum atomic E-state index is 12.4. The molecule has 2 N–H and O–H groups in total. The number of nitrogens with zero attached hydrogens (tertiary/aromatic N) is 2. The van der Waals surface area contributed by atoms with Gasteiger partial charge in [0.25, 0.3) is 0 Å². The maximum absolute atomic E-state index is 12.4. The van der Waals surface area contributed by atoms with Crippen molar-refractivity contribution in [1.82, 2.24) is 9.29 Å². The first-order valence-corrected chi connectivity index (χ1v) is 8.42. The van der Waals surface area contributed by atoms with Crippen LogP contribution in [0.5, 0.6) is 0 Å². The minimum Gasteiger partial charge on any atom is -0.398 e. The van der Waals surface area contributed by atoms with Crippen molar-refractivity contribution in [3.05, 3.63) is 39.3 Å². The predicted octanol–water partition coefficient (Wildman–Crippen LogP) is 2.51. The van der Waals surface area contributed by atoms with Gasteiger partial charge in [0, 0.05) is 18.5 Å². The highest BCUT2D eigenvalue weighted by Crippen LogP contribution is 2.25. The molecule has 0 amide bonds. The number of aromatic nitrogens is 1. The molecule has 0 saturated carbocycles. The number of sulfonamides is 1. The molecule has 1 heterocycles. The summed E-state index contributed by atoms with van der Waals surface area (Å²) >= 11 is 7.31. The number of rotatable bonds is 4. The third-order valence-corrected chi connectivity index (χ3v) is 5.94.